The Labute approximate surface area is 168 Å². The van der Waals surface area contributed by atoms with Crippen LogP contribution in [-0.4, -0.2) is 45.3 Å². The van der Waals surface area contributed by atoms with Gasteiger partial charge in [-0.1, -0.05) is 6.92 Å². The lowest BCUT2D eigenvalue weighted by atomic mass is 10.2. The Hall–Kier alpha value is -3.55. The van der Waals surface area contributed by atoms with Gasteiger partial charge in [-0.3, -0.25) is 4.79 Å². The SMILES string of the molecule is CCCOC(=O)c1ccc(NC(=O)COC(=O)c2ccc(OC)cc2OC)cc1. The Morgan fingerprint density at radius 3 is 2.24 bits per heavy atom. The molecule has 0 saturated carbocycles. The number of ether oxygens (including phenoxy) is 4. The van der Waals surface area contributed by atoms with E-state index >= 15 is 0 Å². The van der Waals surface area contributed by atoms with Gasteiger partial charge in [0.1, 0.15) is 17.1 Å². The van der Waals surface area contributed by atoms with Crippen molar-refractivity contribution in [2.75, 3.05) is 32.8 Å². The number of carbonyl (C=O) groups excluding carboxylic acids is 3. The minimum atomic E-state index is -0.700. The smallest absolute Gasteiger partial charge is 0.342 e. The Morgan fingerprint density at radius 2 is 1.62 bits per heavy atom. The summed E-state index contributed by atoms with van der Waals surface area (Å²) in [5.74, 6) is -0.841. The van der Waals surface area contributed by atoms with Crippen LogP contribution in [0, 0.1) is 0 Å². The molecule has 29 heavy (non-hydrogen) atoms. The second-order valence-corrected chi connectivity index (χ2v) is 5.90. The molecule has 2 rings (SSSR count). The van der Waals surface area contributed by atoms with Gasteiger partial charge in [0, 0.05) is 11.8 Å². The van der Waals surface area contributed by atoms with Crippen molar-refractivity contribution in [2.45, 2.75) is 13.3 Å². The molecule has 2 aromatic rings. The molecular weight excluding hydrogens is 378 g/mol. The molecule has 0 bridgehead atoms. The summed E-state index contributed by atoms with van der Waals surface area (Å²) in [6, 6.07) is 10.8. The predicted molar refractivity (Wildman–Crippen MR) is 105 cm³/mol. The summed E-state index contributed by atoms with van der Waals surface area (Å²) in [5.41, 5.74) is 1.02. The summed E-state index contributed by atoms with van der Waals surface area (Å²) in [5, 5.41) is 2.59. The molecule has 0 aliphatic carbocycles. The summed E-state index contributed by atoms with van der Waals surface area (Å²) in [4.78, 5) is 36.0. The van der Waals surface area contributed by atoms with Crippen LogP contribution in [0.5, 0.6) is 11.5 Å². The van der Waals surface area contributed by atoms with E-state index in [1.54, 1.807) is 36.4 Å². The molecule has 8 nitrogen and oxygen atoms in total. The van der Waals surface area contributed by atoms with Crippen molar-refractivity contribution in [1.29, 1.82) is 0 Å². The highest BCUT2D eigenvalue weighted by atomic mass is 16.5. The number of methoxy groups -OCH3 is 2. The van der Waals surface area contributed by atoms with Crippen LogP contribution in [0.3, 0.4) is 0 Å². The number of nitrogens with one attached hydrogen (secondary N) is 1. The van der Waals surface area contributed by atoms with Crippen LogP contribution in [0.15, 0.2) is 42.5 Å². The first kappa shape index (κ1) is 21.7. The fourth-order valence-corrected chi connectivity index (χ4v) is 2.34. The first-order valence-corrected chi connectivity index (χ1v) is 8.94. The van der Waals surface area contributed by atoms with Gasteiger partial charge in [0.25, 0.3) is 5.91 Å². The van der Waals surface area contributed by atoms with Crippen molar-refractivity contribution in [3.63, 3.8) is 0 Å². The fraction of sp³-hybridized carbons (Fsp3) is 0.286. The van der Waals surface area contributed by atoms with Crippen LogP contribution >= 0.6 is 0 Å². The minimum Gasteiger partial charge on any atom is -0.497 e. The summed E-state index contributed by atoms with van der Waals surface area (Å²) in [6.07, 6.45) is 0.737. The Bertz CT molecular complexity index is 862. The highest BCUT2D eigenvalue weighted by molar-refractivity contribution is 5.97. The number of hydrogen-bond donors (Lipinski definition) is 1. The zero-order valence-corrected chi connectivity index (χ0v) is 16.5. The number of anilines is 1. The Balaban J connectivity index is 1.89. The van der Waals surface area contributed by atoms with E-state index in [9.17, 15) is 14.4 Å². The molecule has 0 atom stereocenters. The Kier molecular flexibility index (Phi) is 8.02. The molecular formula is C21H23NO7. The molecule has 0 aliphatic rings. The predicted octanol–water partition coefficient (Wildman–Crippen LogP) is 3.07. The Morgan fingerprint density at radius 1 is 0.897 bits per heavy atom. The molecule has 0 radical (unpaired) electrons. The highest BCUT2D eigenvalue weighted by Crippen LogP contribution is 2.25. The molecule has 0 aromatic heterocycles. The molecule has 154 valence electrons. The van der Waals surface area contributed by atoms with Crippen molar-refractivity contribution >= 4 is 23.5 Å². The van der Waals surface area contributed by atoms with Crippen molar-refractivity contribution in [3.05, 3.63) is 53.6 Å². The number of rotatable bonds is 9. The second-order valence-electron chi connectivity index (χ2n) is 5.90. The van der Waals surface area contributed by atoms with Gasteiger partial charge >= 0.3 is 11.9 Å². The third-order valence-electron chi connectivity index (χ3n) is 3.80. The molecule has 0 saturated heterocycles. The maximum Gasteiger partial charge on any atom is 0.342 e. The molecule has 2 aromatic carbocycles. The fourth-order valence-electron chi connectivity index (χ4n) is 2.34. The van der Waals surface area contributed by atoms with Crippen LogP contribution in [0.4, 0.5) is 5.69 Å². The van der Waals surface area contributed by atoms with Crippen molar-refractivity contribution in [2.24, 2.45) is 0 Å². The van der Waals surface area contributed by atoms with Crippen molar-refractivity contribution in [1.82, 2.24) is 0 Å². The van der Waals surface area contributed by atoms with E-state index in [2.05, 4.69) is 5.32 Å². The molecule has 0 unspecified atom stereocenters. The second kappa shape index (κ2) is 10.7. The van der Waals surface area contributed by atoms with Crippen LogP contribution in [0.25, 0.3) is 0 Å². The van der Waals surface area contributed by atoms with Gasteiger partial charge in [-0.15, -0.1) is 0 Å². The van der Waals surface area contributed by atoms with Gasteiger partial charge in [-0.2, -0.15) is 0 Å². The summed E-state index contributed by atoms with van der Waals surface area (Å²) < 4.78 is 20.3. The largest absolute Gasteiger partial charge is 0.497 e. The van der Waals surface area contributed by atoms with Gasteiger partial charge in [0.2, 0.25) is 0 Å². The molecule has 8 heteroatoms. The van der Waals surface area contributed by atoms with Gasteiger partial charge in [-0.05, 0) is 42.8 Å². The van der Waals surface area contributed by atoms with Gasteiger partial charge in [-0.25, -0.2) is 9.59 Å². The minimum absolute atomic E-state index is 0.177. The number of amides is 1. The van der Waals surface area contributed by atoms with Crippen molar-refractivity contribution in [3.8, 4) is 11.5 Å². The van der Waals surface area contributed by atoms with E-state index in [1.165, 1.54) is 20.3 Å². The number of esters is 2. The molecule has 0 fully saturated rings. The zero-order valence-electron chi connectivity index (χ0n) is 16.5. The lowest BCUT2D eigenvalue weighted by Gasteiger charge is -2.10. The van der Waals surface area contributed by atoms with E-state index in [0.717, 1.165) is 6.42 Å². The van der Waals surface area contributed by atoms with E-state index in [-0.39, 0.29) is 11.3 Å². The van der Waals surface area contributed by atoms with Crippen LogP contribution in [0.1, 0.15) is 34.1 Å². The molecule has 0 aliphatic heterocycles. The van der Waals surface area contributed by atoms with Crippen LogP contribution in [0.2, 0.25) is 0 Å². The summed E-state index contributed by atoms with van der Waals surface area (Å²) in [6.45, 7) is 1.78. The topological polar surface area (TPSA) is 100 Å². The lowest BCUT2D eigenvalue weighted by Crippen LogP contribution is -2.21. The monoisotopic (exact) mass is 401 g/mol. The van der Waals surface area contributed by atoms with E-state index in [1.807, 2.05) is 6.92 Å². The van der Waals surface area contributed by atoms with Crippen LogP contribution < -0.4 is 14.8 Å². The average molecular weight is 401 g/mol. The van der Waals surface area contributed by atoms with Gasteiger partial charge in [0.05, 0.1) is 26.4 Å². The average Bonchev–Trinajstić information content (AvgIpc) is 2.75. The first-order valence-electron chi connectivity index (χ1n) is 8.94. The third kappa shape index (κ3) is 6.24. The van der Waals surface area contributed by atoms with Gasteiger partial charge < -0.3 is 24.3 Å². The molecule has 0 heterocycles. The molecule has 0 spiro atoms. The normalized spacial score (nSPS) is 10.0. The molecule has 1 amide bonds. The van der Waals surface area contributed by atoms with E-state index in [0.29, 0.717) is 23.6 Å². The van der Waals surface area contributed by atoms with Crippen molar-refractivity contribution < 1.29 is 33.3 Å². The van der Waals surface area contributed by atoms with E-state index < -0.39 is 24.5 Å². The maximum atomic E-state index is 12.2. The van der Waals surface area contributed by atoms with E-state index in [4.69, 9.17) is 18.9 Å². The first-order chi connectivity index (χ1) is 14.0. The van der Waals surface area contributed by atoms with Gasteiger partial charge in [0.15, 0.2) is 6.61 Å². The summed E-state index contributed by atoms with van der Waals surface area (Å²) >= 11 is 0. The van der Waals surface area contributed by atoms with Crippen LogP contribution in [-0.2, 0) is 14.3 Å². The highest BCUT2D eigenvalue weighted by Gasteiger charge is 2.16. The third-order valence-corrected chi connectivity index (χ3v) is 3.80. The lowest BCUT2D eigenvalue weighted by molar-refractivity contribution is -0.119. The standard InChI is InChI=1S/C21H23NO7/c1-4-11-28-20(24)14-5-7-15(8-6-14)22-19(23)13-29-21(25)17-10-9-16(26-2)12-18(17)27-3/h5-10,12H,4,11,13H2,1-3H3,(H,22,23). The quantitative estimate of drug-likeness (QED) is 0.645. The number of hydrogen-bond acceptors (Lipinski definition) is 7. The zero-order chi connectivity index (χ0) is 21.2. The maximum absolute atomic E-state index is 12.2. The summed E-state index contributed by atoms with van der Waals surface area (Å²) in [7, 11) is 2.91. The molecule has 1 N–H and O–H groups in total. The number of carbonyl (C=O) groups is 3. The number of benzene rings is 2.